The van der Waals surface area contributed by atoms with Crippen LogP contribution < -0.4 is 10.6 Å². The number of nitrogens with zero attached hydrogens (tertiary/aromatic N) is 1. The number of guanidine groups is 1. The molecule has 5 heteroatoms. The number of hydrogen-bond donors (Lipinski definition) is 2. The zero-order chi connectivity index (χ0) is 17.1. The lowest BCUT2D eigenvalue weighted by atomic mass is 10.0. The summed E-state index contributed by atoms with van der Waals surface area (Å²) in [7, 11) is 1.80. The van der Waals surface area contributed by atoms with Crippen LogP contribution in [0.3, 0.4) is 0 Å². The third kappa shape index (κ3) is 6.89. The van der Waals surface area contributed by atoms with Gasteiger partial charge in [-0.2, -0.15) is 0 Å². The van der Waals surface area contributed by atoms with Gasteiger partial charge in [-0.1, -0.05) is 30.3 Å². The average Bonchev–Trinajstić information content (AvgIpc) is 3.04. The van der Waals surface area contributed by atoms with Gasteiger partial charge in [0.25, 0.3) is 0 Å². The highest BCUT2D eigenvalue weighted by molar-refractivity contribution is 5.79. The predicted octanol–water partition coefficient (Wildman–Crippen LogP) is 2.72. The van der Waals surface area contributed by atoms with Crippen LogP contribution in [-0.2, 0) is 16.1 Å². The van der Waals surface area contributed by atoms with E-state index in [1.54, 1.807) is 7.05 Å². The van der Waals surface area contributed by atoms with Gasteiger partial charge in [-0.15, -0.1) is 0 Å². The summed E-state index contributed by atoms with van der Waals surface area (Å²) in [4.78, 5) is 4.26. The molecule has 0 aliphatic carbocycles. The van der Waals surface area contributed by atoms with Crippen LogP contribution in [0.4, 0.5) is 0 Å². The fourth-order valence-electron chi connectivity index (χ4n) is 2.77. The maximum atomic E-state index is 5.78. The van der Waals surface area contributed by atoms with Crippen molar-refractivity contribution in [3.63, 3.8) is 0 Å². The van der Waals surface area contributed by atoms with Gasteiger partial charge in [-0.25, -0.2) is 0 Å². The summed E-state index contributed by atoms with van der Waals surface area (Å²) in [5, 5.41) is 6.71. The van der Waals surface area contributed by atoms with E-state index in [2.05, 4.69) is 34.7 Å². The lowest BCUT2D eigenvalue weighted by molar-refractivity contribution is 0.0243. The molecule has 24 heavy (non-hydrogen) atoms. The molecule has 134 valence electrons. The van der Waals surface area contributed by atoms with Crippen LogP contribution in [0, 0.1) is 0 Å². The van der Waals surface area contributed by atoms with Crippen molar-refractivity contribution in [2.24, 2.45) is 4.99 Å². The minimum atomic E-state index is -0.0527. The minimum Gasteiger partial charge on any atom is -0.377 e. The summed E-state index contributed by atoms with van der Waals surface area (Å²) < 4.78 is 11.5. The van der Waals surface area contributed by atoms with Gasteiger partial charge in [0.15, 0.2) is 5.96 Å². The first-order chi connectivity index (χ1) is 11.7. The van der Waals surface area contributed by atoms with Gasteiger partial charge < -0.3 is 20.1 Å². The Balaban J connectivity index is 1.49. The van der Waals surface area contributed by atoms with Gasteiger partial charge in [0.1, 0.15) is 0 Å². The fraction of sp³-hybridized carbons (Fsp3) is 0.632. The maximum Gasteiger partial charge on any atom is 0.191 e. The fourth-order valence-corrected chi connectivity index (χ4v) is 2.77. The highest BCUT2D eigenvalue weighted by Crippen LogP contribution is 2.23. The quantitative estimate of drug-likeness (QED) is 0.414. The first-order valence-electron chi connectivity index (χ1n) is 8.92. The number of aliphatic imine (C=N–C) groups is 1. The Bertz CT molecular complexity index is 485. The van der Waals surface area contributed by atoms with Crippen LogP contribution in [0.25, 0.3) is 0 Å². The lowest BCUT2D eigenvalue weighted by Crippen LogP contribution is -2.45. The van der Waals surface area contributed by atoms with E-state index in [-0.39, 0.29) is 5.60 Å². The lowest BCUT2D eigenvalue weighted by Gasteiger charge is -2.24. The van der Waals surface area contributed by atoms with E-state index in [0.717, 1.165) is 57.9 Å². The Kier molecular flexibility index (Phi) is 8.05. The molecule has 1 heterocycles. The van der Waals surface area contributed by atoms with Gasteiger partial charge in [0.05, 0.1) is 12.2 Å². The standard InChI is InChI=1S/C19H31N3O2/c1-19(11-8-14-24-19)16-22-18(20-2)21-12-6-7-13-23-15-17-9-4-3-5-10-17/h3-5,9-10H,6-8,11-16H2,1-2H3,(H2,20,21,22). The zero-order valence-corrected chi connectivity index (χ0v) is 15.0. The first-order valence-corrected chi connectivity index (χ1v) is 8.92. The van der Waals surface area contributed by atoms with E-state index in [1.165, 1.54) is 5.56 Å². The van der Waals surface area contributed by atoms with Gasteiger partial charge >= 0.3 is 0 Å². The summed E-state index contributed by atoms with van der Waals surface area (Å²) in [6, 6.07) is 10.3. The smallest absolute Gasteiger partial charge is 0.191 e. The molecule has 1 aromatic carbocycles. The highest BCUT2D eigenvalue weighted by Gasteiger charge is 2.29. The van der Waals surface area contributed by atoms with Crippen LogP contribution in [0.5, 0.6) is 0 Å². The summed E-state index contributed by atoms with van der Waals surface area (Å²) in [6.45, 7) is 6.20. The molecule has 0 bridgehead atoms. The van der Waals surface area contributed by atoms with Crippen LogP contribution in [0.15, 0.2) is 35.3 Å². The molecule has 1 atom stereocenters. The number of unbranched alkanes of at least 4 members (excludes halogenated alkanes) is 1. The van der Waals surface area contributed by atoms with Gasteiger partial charge in [0, 0.05) is 33.4 Å². The molecular formula is C19H31N3O2. The molecular weight excluding hydrogens is 302 g/mol. The van der Waals surface area contributed by atoms with Crippen molar-refractivity contribution in [1.29, 1.82) is 0 Å². The molecule has 0 aromatic heterocycles. The van der Waals surface area contributed by atoms with E-state index in [9.17, 15) is 0 Å². The van der Waals surface area contributed by atoms with Gasteiger partial charge in [0.2, 0.25) is 0 Å². The second kappa shape index (κ2) is 10.3. The third-order valence-corrected chi connectivity index (χ3v) is 4.27. The second-order valence-electron chi connectivity index (χ2n) is 6.50. The van der Waals surface area contributed by atoms with E-state index in [0.29, 0.717) is 6.61 Å². The highest BCUT2D eigenvalue weighted by atomic mass is 16.5. The number of ether oxygens (including phenoxy) is 2. The average molecular weight is 333 g/mol. The molecule has 5 nitrogen and oxygen atoms in total. The van der Waals surface area contributed by atoms with E-state index in [4.69, 9.17) is 9.47 Å². The molecule has 1 unspecified atom stereocenters. The molecule has 2 N–H and O–H groups in total. The van der Waals surface area contributed by atoms with Crippen molar-refractivity contribution >= 4 is 5.96 Å². The van der Waals surface area contributed by atoms with E-state index >= 15 is 0 Å². The van der Waals surface area contributed by atoms with Crippen molar-refractivity contribution in [2.45, 2.75) is 44.8 Å². The molecule has 1 aliphatic heterocycles. The van der Waals surface area contributed by atoms with Gasteiger partial charge in [-0.05, 0) is 38.2 Å². The maximum absolute atomic E-state index is 5.78. The van der Waals surface area contributed by atoms with Crippen LogP contribution in [0.2, 0.25) is 0 Å². The largest absolute Gasteiger partial charge is 0.377 e. The topological polar surface area (TPSA) is 54.9 Å². The molecule has 2 rings (SSSR count). The van der Waals surface area contributed by atoms with Crippen molar-refractivity contribution in [3.05, 3.63) is 35.9 Å². The summed E-state index contributed by atoms with van der Waals surface area (Å²) in [6.07, 6.45) is 4.35. The minimum absolute atomic E-state index is 0.0527. The van der Waals surface area contributed by atoms with Crippen molar-refractivity contribution in [2.75, 3.05) is 33.4 Å². The molecule has 1 fully saturated rings. The van der Waals surface area contributed by atoms with E-state index in [1.807, 2.05) is 18.2 Å². The van der Waals surface area contributed by atoms with Crippen LogP contribution in [0.1, 0.15) is 38.2 Å². The van der Waals surface area contributed by atoms with Crippen molar-refractivity contribution in [3.8, 4) is 0 Å². The van der Waals surface area contributed by atoms with Gasteiger partial charge in [-0.3, -0.25) is 4.99 Å². The summed E-state index contributed by atoms with van der Waals surface area (Å²) in [5.41, 5.74) is 1.17. The first kappa shape index (κ1) is 18.7. The molecule has 1 saturated heterocycles. The van der Waals surface area contributed by atoms with Crippen LogP contribution >= 0.6 is 0 Å². The Morgan fingerprint density at radius 1 is 1.25 bits per heavy atom. The monoisotopic (exact) mass is 333 g/mol. The zero-order valence-electron chi connectivity index (χ0n) is 15.0. The van der Waals surface area contributed by atoms with E-state index < -0.39 is 0 Å². The summed E-state index contributed by atoms with van der Waals surface area (Å²) in [5.74, 6) is 0.844. The third-order valence-electron chi connectivity index (χ3n) is 4.27. The number of nitrogens with one attached hydrogen (secondary N) is 2. The Hall–Kier alpha value is -1.59. The number of rotatable bonds is 9. The summed E-state index contributed by atoms with van der Waals surface area (Å²) >= 11 is 0. The Morgan fingerprint density at radius 2 is 2.08 bits per heavy atom. The predicted molar refractivity (Wildman–Crippen MR) is 98.3 cm³/mol. The molecule has 0 saturated carbocycles. The van der Waals surface area contributed by atoms with Crippen molar-refractivity contribution in [1.82, 2.24) is 10.6 Å². The molecule has 1 aliphatic rings. The van der Waals surface area contributed by atoms with Crippen LogP contribution in [-0.4, -0.2) is 44.9 Å². The SMILES string of the molecule is CN=C(NCCCCOCc1ccccc1)NCC1(C)CCCO1. The second-order valence-corrected chi connectivity index (χ2v) is 6.50. The Labute approximate surface area is 145 Å². The molecule has 0 radical (unpaired) electrons. The normalized spacial score (nSPS) is 21.0. The Morgan fingerprint density at radius 3 is 2.79 bits per heavy atom. The van der Waals surface area contributed by atoms with Crippen molar-refractivity contribution < 1.29 is 9.47 Å². The number of benzene rings is 1. The molecule has 0 amide bonds. The number of hydrogen-bond acceptors (Lipinski definition) is 3. The molecule has 0 spiro atoms. The molecule has 1 aromatic rings.